The van der Waals surface area contributed by atoms with Crippen molar-refractivity contribution in [3.05, 3.63) is 11.6 Å². The molecule has 0 aromatic rings. The van der Waals surface area contributed by atoms with Crippen molar-refractivity contribution in [2.75, 3.05) is 18.8 Å². The van der Waals surface area contributed by atoms with Gasteiger partial charge in [0.05, 0.1) is 12.5 Å². The Kier molecular flexibility index (Phi) is 5.69. The van der Waals surface area contributed by atoms with E-state index in [0.29, 0.717) is 30.0 Å². The largest absolute Gasteiger partial charge is 0.462 e. The van der Waals surface area contributed by atoms with E-state index in [1.165, 1.54) is 18.9 Å². The van der Waals surface area contributed by atoms with E-state index in [0.717, 1.165) is 51.1 Å². The highest BCUT2D eigenvalue weighted by molar-refractivity contribution is 7.98. The molecule has 4 rings (SSSR count). The van der Waals surface area contributed by atoms with Crippen LogP contribution >= 0.6 is 11.8 Å². The van der Waals surface area contributed by atoms with Crippen molar-refractivity contribution >= 4 is 23.5 Å². The molecule has 4 aliphatic rings. The molecule has 28 heavy (non-hydrogen) atoms. The maximum absolute atomic E-state index is 12.2. The Bertz CT molecular complexity index is 674. The van der Waals surface area contributed by atoms with Crippen molar-refractivity contribution in [2.45, 2.75) is 71.3 Å². The average Bonchev–Trinajstić information content (AvgIpc) is 2.98. The summed E-state index contributed by atoms with van der Waals surface area (Å²) in [5, 5.41) is 0. The Morgan fingerprint density at radius 3 is 2.75 bits per heavy atom. The van der Waals surface area contributed by atoms with Gasteiger partial charge in [0.2, 0.25) is 0 Å². The van der Waals surface area contributed by atoms with Crippen molar-refractivity contribution < 1.29 is 19.1 Å². The first-order valence-corrected chi connectivity index (χ1v) is 12.3. The SMILES string of the molecule is CSCOC[C@]12CCC(=O)C=C1CC[C@@H]1[C@@H]2CC[C@]2(C)C(OC(C)=O)CC[C@@H]12. The van der Waals surface area contributed by atoms with E-state index in [1.807, 2.05) is 6.08 Å². The summed E-state index contributed by atoms with van der Waals surface area (Å²) in [4.78, 5) is 23.8. The highest BCUT2D eigenvalue weighted by Crippen LogP contribution is 2.65. The highest BCUT2D eigenvalue weighted by Gasteiger charge is 2.61. The van der Waals surface area contributed by atoms with Crippen LogP contribution in [-0.4, -0.2) is 36.7 Å². The number of carbonyl (C=O) groups is 2. The van der Waals surface area contributed by atoms with E-state index in [2.05, 4.69) is 13.2 Å². The van der Waals surface area contributed by atoms with Gasteiger partial charge in [0.1, 0.15) is 6.10 Å². The molecule has 4 nitrogen and oxygen atoms in total. The molecule has 156 valence electrons. The van der Waals surface area contributed by atoms with Crippen LogP contribution in [-0.2, 0) is 19.1 Å². The van der Waals surface area contributed by atoms with Crippen molar-refractivity contribution in [1.29, 1.82) is 0 Å². The average molecular weight is 407 g/mol. The van der Waals surface area contributed by atoms with E-state index < -0.39 is 0 Å². The van der Waals surface area contributed by atoms with Gasteiger partial charge < -0.3 is 9.47 Å². The van der Waals surface area contributed by atoms with Gasteiger partial charge >= 0.3 is 5.97 Å². The van der Waals surface area contributed by atoms with Crippen LogP contribution in [0.2, 0.25) is 0 Å². The number of ether oxygens (including phenoxy) is 2. The van der Waals surface area contributed by atoms with Gasteiger partial charge in [0, 0.05) is 24.2 Å². The molecule has 3 fully saturated rings. The van der Waals surface area contributed by atoms with E-state index in [9.17, 15) is 9.59 Å². The maximum Gasteiger partial charge on any atom is 0.302 e. The van der Waals surface area contributed by atoms with Crippen LogP contribution in [0.15, 0.2) is 11.6 Å². The van der Waals surface area contributed by atoms with E-state index in [-0.39, 0.29) is 22.9 Å². The first kappa shape index (κ1) is 20.5. The fraction of sp³-hybridized carbons (Fsp3) is 0.826. The van der Waals surface area contributed by atoms with Crippen LogP contribution in [0.3, 0.4) is 0 Å². The summed E-state index contributed by atoms with van der Waals surface area (Å²) in [5.74, 6) is 2.74. The minimum atomic E-state index is -0.143. The molecule has 0 aromatic heterocycles. The quantitative estimate of drug-likeness (QED) is 0.374. The summed E-state index contributed by atoms with van der Waals surface area (Å²) < 4.78 is 11.9. The molecule has 3 saturated carbocycles. The molecule has 1 unspecified atom stereocenters. The number of ketones is 1. The molecule has 0 bridgehead atoms. The van der Waals surface area contributed by atoms with Crippen LogP contribution in [0, 0.1) is 28.6 Å². The third kappa shape index (κ3) is 3.27. The summed E-state index contributed by atoms with van der Waals surface area (Å²) in [5.41, 5.74) is 1.53. The van der Waals surface area contributed by atoms with Crippen LogP contribution in [0.5, 0.6) is 0 Å². The molecule has 0 aliphatic heterocycles. The summed E-state index contributed by atoms with van der Waals surface area (Å²) >= 11 is 1.72. The Balaban J connectivity index is 1.62. The second-order valence-electron chi connectivity index (χ2n) is 9.68. The van der Waals surface area contributed by atoms with Crippen LogP contribution in [0.25, 0.3) is 0 Å². The maximum atomic E-state index is 12.2. The minimum absolute atomic E-state index is 0.0490. The third-order valence-corrected chi connectivity index (χ3v) is 8.87. The lowest BCUT2D eigenvalue weighted by Gasteiger charge is -2.58. The molecule has 4 aliphatic carbocycles. The van der Waals surface area contributed by atoms with Gasteiger partial charge in [-0.15, -0.1) is 11.8 Å². The zero-order valence-electron chi connectivity index (χ0n) is 17.5. The Labute approximate surface area is 173 Å². The van der Waals surface area contributed by atoms with Crippen molar-refractivity contribution in [2.24, 2.45) is 28.6 Å². The Morgan fingerprint density at radius 1 is 1.18 bits per heavy atom. The van der Waals surface area contributed by atoms with Gasteiger partial charge in [-0.25, -0.2) is 0 Å². The topological polar surface area (TPSA) is 52.6 Å². The monoisotopic (exact) mass is 406 g/mol. The number of hydrogen-bond acceptors (Lipinski definition) is 5. The third-order valence-electron chi connectivity index (χ3n) is 8.47. The van der Waals surface area contributed by atoms with Crippen LogP contribution < -0.4 is 0 Å². The van der Waals surface area contributed by atoms with Crippen LogP contribution in [0.4, 0.5) is 0 Å². The number of hydrogen-bond donors (Lipinski definition) is 0. The van der Waals surface area contributed by atoms with Gasteiger partial charge in [0.15, 0.2) is 5.78 Å². The first-order chi connectivity index (χ1) is 13.4. The van der Waals surface area contributed by atoms with Crippen LogP contribution in [0.1, 0.15) is 65.2 Å². The number of thioether (sulfide) groups is 1. The van der Waals surface area contributed by atoms with E-state index >= 15 is 0 Å². The fourth-order valence-electron chi connectivity index (χ4n) is 7.28. The van der Waals surface area contributed by atoms with Gasteiger partial charge in [-0.05, 0) is 75.0 Å². The lowest BCUT2D eigenvalue weighted by atomic mass is 9.47. The van der Waals surface area contributed by atoms with Crippen molar-refractivity contribution in [3.63, 3.8) is 0 Å². The van der Waals surface area contributed by atoms with E-state index in [1.54, 1.807) is 11.8 Å². The summed E-state index contributed by atoms with van der Waals surface area (Å²) in [6, 6.07) is 0. The van der Waals surface area contributed by atoms with Crippen molar-refractivity contribution in [3.8, 4) is 0 Å². The van der Waals surface area contributed by atoms with E-state index in [4.69, 9.17) is 9.47 Å². The number of carbonyl (C=O) groups excluding carboxylic acids is 2. The summed E-state index contributed by atoms with van der Waals surface area (Å²) in [7, 11) is 0. The second-order valence-corrected chi connectivity index (χ2v) is 10.5. The molecule has 0 radical (unpaired) electrons. The molecule has 6 atom stereocenters. The molecule has 0 aromatic carbocycles. The molecule has 0 amide bonds. The zero-order valence-corrected chi connectivity index (χ0v) is 18.3. The Morgan fingerprint density at radius 2 is 2.00 bits per heavy atom. The summed E-state index contributed by atoms with van der Waals surface area (Å²) in [6.07, 6.45) is 12.3. The molecular formula is C23H34O4S. The lowest BCUT2D eigenvalue weighted by Crippen LogP contribution is -2.54. The fourth-order valence-corrected chi connectivity index (χ4v) is 7.53. The minimum Gasteiger partial charge on any atom is -0.462 e. The number of rotatable bonds is 5. The molecule has 0 heterocycles. The number of fused-ring (bicyclic) bond motifs is 5. The predicted octanol–water partition coefficient (Wildman–Crippen LogP) is 4.77. The predicted molar refractivity (Wildman–Crippen MR) is 111 cm³/mol. The molecular weight excluding hydrogens is 372 g/mol. The van der Waals surface area contributed by atoms with Gasteiger partial charge in [-0.1, -0.05) is 12.5 Å². The molecule has 5 heteroatoms. The first-order valence-electron chi connectivity index (χ1n) is 10.9. The van der Waals surface area contributed by atoms with Gasteiger partial charge in [-0.2, -0.15) is 0 Å². The molecule has 0 saturated heterocycles. The standard InChI is InChI=1S/C23H34O4S/c1-15(24)27-21-7-6-19-18-5-4-16-12-17(25)8-11-23(16,13-26-14-28-3)20(18)9-10-22(19,21)2/h12,18-21H,4-11,13-14H2,1-3H3/t18-,19-,20-,21?,22-,23+/m0/s1. The highest BCUT2D eigenvalue weighted by atomic mass is 32.2. The van der Waals surface area contributed by atoms with Gasteiger partial charge in [-0.3, -0.25) is 9.59 Å². The normalized spacial score (nSPS) is 42.2. The van der Waals surface area contributed by atoms with Crippen molar-refractivity contribution in [1.82, 2.24) is 0 Å². The molecule has 0 N–H and O–H groups in total. The smallest absolute Gasteiger partial charge is 0.302 e. The van der Waals surface area contributed by atoms with Gasteiger partial charge in [0.25, 0.3) is 0 Å². The Hall–Kier alpha value is -0.810. The number of esters is 1. The lowest BCUT2D eigenvalue weighted by molar-refractivity contribution is -0.158. The molecule has 0 spiro atoms. The second kappa shape index (κ2) is 7.79. The zero-order chi connectivity index (χ0) is 19.9. The summed E-state index contributed by atoms with van der Waals surface area (Å²) in [6.45, 7) is 4.66.